The van der Waals surface area contributed by atoms with Crippen LogP contribution in [0, 0.1) is 6.92 Å². The van der Waals surface area contributed by atoms with E-state index in [1.807, 2.05) is 0 Å². The molecule has 0 aliphatic carbocycles. The Bertz CT molecular complexity index is 1170. The maximum Gasteiger partial charge on any atom is 0.350 e. The molecule has 0 aliphatic rings. The molecule has 0 radical (unpaired) electrons. The van der Waals surface area contributed by atoms with E-state index in [4.69, 9.17) is 18.9 Å². The summed E-state index contributed by atoms with van der Waals surface area (Å²) in [5.41, 5.74) is 1.22. The van der Waals surface area contributed by atoms with Gasteiger partial charge in [-0.05, 0) is 26.0 Å². The summed E-state index contributed by atoms with van der Waals surface area (Å²) in [4.78, 5) is 29.0. The number of hydrogen-bond acceptors (Lipinski definition) is 11. The van der Waals surface area contributed by atoms with E-state index in [9.17, 15) is 9.59 Å². The van der Waals surface area contributed by atoms with Crippen LogP contribution in [0.5, 0.6) is 17.2 Å². The summed E-state index contributed by atoms with van der Waals surface area (Å²) in [7, 11) is 6.41. The Labute approximate surface area is 204 Å². The Balaban J connectivity index is 1.70. The first kappa shape index (κ1) is 25.3. The number of aryl methyl sites for hydroxylation is 1. The second kappa shape index (κ2) is 11.2. The summed E-state index contributed by atoms with van der Waals surface area (Å²) in [6, 6.07) is 3.55. The number of thioether (sulfide) groups is 1. The zero-order valence-electron chi connectivity index (χ0n) is 19.6. The van der Waals surface area contributed by atoms with Crippen molar-refractivity contribution in [3.8, 4) is 28.6 Å². The van der Waals surface area contributed by atoms with Gasteiger partial charge in [-0.15, -0.1) is 10.2 Å². The molecule has 1 aromatic carbocycles. The van der Waals surface area contributed by atoms with Crippen LogP contribution in [0.1, 0.15) is 22.3 Å². The normalized spacial score (nSPS) is 10.6. The molecule has 0 aliphatic heterocycles. The minimum absolute atomic E-state index is 0.0780. The van der Waals surface area contributed by atoms with Gasteiger partial charge in [-0.1, -0.05) is 23.1 Å². The van der Waals surface area contributed by atoms with Crippen molar-refractivity contribution in [2.75, 3.05) is 39.0 Å². The second-order valence-corrected chi connectivity index (χ2v) is 8.71. The molecule has 34 heavy (non-hydrogen) atoms. The standard InChI is InChI=1S/C21H25N5O6S2/c1-7-32-19(28)17-11(2)22-20(34-17)23-15(27)10-33-21-25-24-18(26(21)3)12-8-13(29-4)16(31-6)14(9-12)30-5/h8-9H,7,10H2,1-6H3,(H,22,23,27). The number of ether oxygens (including phenoxy) is 4. The third-order valence-electron chi connectivity index (χ3n) is 4.59. The molecule has 0 fully saturated rings. The van der Waals surface area contributed by atoms with E-state index < -0.39 is 5.97 Å². The summed E-state index contributed by atoms with van der Waals surface area (Å²) in [6.45, 7) is 3.69. The largest absolute Gasteiger partial charge is 0.493 e. The molecule has 0 saturated carbocycles. The lowest BCUT2D eigenvalue weighted by Gasteiger charge is -2.14. The van der Waals surface area contributed by atoms with E-state index in [2.05, 4.69) is 20.5 Å². The average Bonchev–Trinajstić information content (AvgIpc) is 3.38. The number of carbonyl (C=O) groups excluding carboxylic acids is 2. The summed E-state index contributed by atoms with van der Waals surface area (Å²) in [6.07, 6.45) is 0. The smallest absolute Gasteiger partial charge is 0.350 e. The number of benzene rings is 1. The Hall–Kier alpha value is -3.32. The molecule has 2 heterocycles. The van der Waals surface area contributed by atoms with Crippen LogP contribution in [-0.2, 0) is 16.6 Å². The molecule has 0 saturated heterocycles. The molecule has 2 aromatic heterocycles. The number of amides is 1. The lowest BCUT2D eigenvalue weighted by molar-refractivity contribution is -0.113. The van der Waals surface area contributed by atoms with Crippen molar-refractivity contribution < 1.29 is 28.5 Å². The van der Waals surface area contributed by atoms with Crippen LogP contribution in [0.25, 0.3) is 11.4 Å². The monoisotopic (exact) mass is 507 g/mol. The molecule has 182 valence electrons. The molecule has 0 bridgehead atoms. The van der Waals surface area contributed by atoms with Crippen LogP contribution in [0.2, 0.25) is 0 Å². The number of nitrogens with zero attached hydrogens (tertiary/aromatic N) is 4. The number of anilines is 1. The lowest BCUT2D eigenvalue weighted by atomic mass is 10.1. The van der Waals surface area contributed by atoms with Crippen molar-refractivity contribution in [3.63, 3.8) is 0 Å². The second-order valence-electron chi connectivity index (χ2n) is 6.77. The highest BCUT2D eigenvalue weighted by Crippen LogP contribution is 2.41. The molecular formula is C21H25N5O6S2. The van der Waals surface area contributed by atoms with Gasteiger partial charge < -0.3 is 28.8 Å². The maximum absolute atomic E-state index is 12.4. The fourth-order valence-electron chi connectivity index (χ4n) is 3.02. The number of esters is 1. The van der Waals surface area contributed by atoms with E-state index in [0.717, 1.165) is 11.3 Å². The third kappa shape index (κ3) is 5.42. The van der Waals surface area contributed by atoms with E-state index in [-0.39, 0.29) is 18.3 Å². The SMILES string of the molecule is CCOC(=O)c1sc(NC(=O)CSc2nnc(-c3cc(OC)c(OC)c(OC)c3)n2C)nc1C. The minimum atomic E-state index is -0.453. The molecule has 1 N–H and O–H groups in total. The molecule has 13 heteroatoms. The zero-order valence-corrected chi connectivity index (χ0v) is 21.3. The van der Waals surface area contributed by atoms with Gasteiger partial charge in [-0.25, -0.2) is 9.78 Å². The van der Waals surface area contributed by atoms with Crippen molar-refractivity contribution in [1.29, 1.82) is 0 Å². The molecular weight excluding hydrogens is 482 g/mol. The highest BCUT2D eigenvalue weighted by atomic mass is 32.2. The van der Waals surface area contributed by atoms with Gasteiger partial charge in [0, 0.05) is 12.6 Å². The fourth-order valence-corrected chi connectivity index (χ4v) is 4.61. The summed E-state index contributed by atoms with van der Waals surface area (Å²) < 4.78 is 22.9. The van der Waals surface area contributed by atoms with Gasteiger partial charge in [0.25, 0.3) is 0 Å². The van der Waals surface area contributed by atoms with Crippen LogP contribution in [-0.4, -0.2) is 65.3 Å². The van der Waals surface area contributed by atoms with Crippen molar-refractivity contribution in [2.24, 2.45) is 7.05 Å². The first-order valence-corrected chi connectivity index (χ1v) is 11.9. The summed E-state index contributed by atoms with van der Waals surface area (Å²) in [5.74, 6) is 1.37. The van der Waals surface area contributed by atoms with Gasteiger partial charge in [-0.3, -0.25) is 4.79 Å². The van der Waals surface area contributed by atoms with Gasteiger partial charge in [-0.2, -0.15) is 0 Å². The Morgan fingerprint density at radius 2 is 1.79 bits per heavy atom. The fraction of sp³-hybridized carbons (Fsp3) is 0.381. The van der Waals surface area contributed by atoms with Crippen molar-refractivity contribution in [3.05, 3.63) is 22.7 Å². The van der Waals surface area contributed by atoms with Gasteiger partial charge in [0.05, 0.1) is 39.4 Å². The number of methoxy groups -OCH3 is 3. The maximum atomic E-state index is 12.4. The van der Waals surface area contributed by atoms with E-state index in [1.165, 1.54) is 33.1 Å². The first-order chi connectivity index (χ1) is 16.3. The van der Waals surface area contributed by atoms with Gasteiger partial charge in [0.2, 0.25) is 11.7 Å². The predicted molar refractivity (Wildman–Crippen MR) is 128 cm³/mol. The van der Waals surface area contributed by atoms with E-state index >= 15 is 0 Å². The van der Waals surface area contributed by atoms with Gasteiger partial charge in [0.1, 0.15) is 4.88 Å². The molecule has 1 amide bonds. The van der Waals surface area contributed by atoms with E-state index in [0.29, 0.717) is 49.5 Å². The third-order valence-corrected chi connectivity index (χ3v) is 6.67. The summed E-state index contributed by atoms with van der Waals surface area (Å²) >= 11 is 2.30. The van der Waals surface area contributed by atoms with Crippen molar-refractivity contribution >= 4 is 40.1 Å². The van der Waals surface area contributed by atoms with Gasteiger partial charge in [0.15, 0.2) is 27.6 Å². The van der Waals surface area contributed by atoms with Crippen molar-refractivity contribution in [1.82, 2.24) is 19.7 Å². The number of aromatic nitrogens is 4. The van der Waals surface area contributed by atoms with Crippen LogP contribution in [0.15, 0.2) is 17.3 Å². The molecule has 11 nitrogen and oxygen atoms in total. The molecule has 0 spiro atoms. The zero-order chi connectivity index (χ0) is 24.8. The Kier molecular flexibility index (Phi) is 8.34. The number of hydrogen-bond donors (Lipinski definition) is 1. The number of thiazole rings is 1. The topological polar surface area (TPSA) is 127 Å². The van der Waals surface area contributed by atoms with Crippen molar-refractivity contribution in [2.45, 2.75) is 19.0 Å². The molecule has 3 aromatic rings. The van der Waals surface area contributed by atoms with Crippen LogP contribution in [0.4, 0.5) is 5.13 Å². The van der Waals surface area contributed by atoms with Crippen LogP contribution in [0.3, 0.4) is 0 Å². The molecule has 0 unspecified atom stereocenters. The highest BCUT2D eigenvalue weighted by Gasteiger charge is 2.20. The number of carbonyl (C=O) groups is 2. The molecule has 0 atom stereocenters. The number of nitrogens with one attached hydrogen (secondary N) is 1. The summed E-state index contributed by atoms with van der Waals surface area (Å²) in [5, 5.41) is 12.0. The van der Waals surface area contributed by atoms with Crippen LogP contribution >= 0.6 is 23.1 Å². The molecule has 3 rings (SSSR count). The van der Waals surface area contributed by atoms with E-state index in [1.54, 1.807) is 37.6 Å². The predicted octanol–water partition coefficient (Wildman–Crippen LogP) is 3.18. The minimum Gasteiger partial charge on any atom is -0.493 e. The average molecular weight is 508 g/mol. The Morgan fingerprint density at radius 1 is 1.12 bits per heavy atom. The Morgan fingerprint density at radius 3 is 2.38 bits per heavy atom. The number of rotatable bonds is 10. The van der Waals surface area contributed by atoms with Crippen LogP contribution < -0.4 is 19.5 Å². The first-order valence-electron chi connectivity index (χ1n) is 10.1. The highest BCUT2D eigenvalue weighted by molar-refractivity contribution is 7.99. The quantitative estimate of drug-likeness (QED) is 0.323. The lowest BCUT2D eigenvalue weighted by Crippen LogP contribution is -2.14. The van der Waals surface area contributed by atoms with Gasteiger partial charge >= 0.3 is 5.97 Å².